The van der Waals surface area contributed by atoms with Crippen LogP contribution in [0.25, 0.3) is 0 Å². The smallest absolute Gasteiger partial charge is 0.241 e. The lowest BCUT2D eigenvalue weighted by atomic mass is 10.2. The first-order valence-electron chi connectivity index (χ1n) is 6.30. The number of aliphatic hydroxyl groups excluding tert-OH is 1. The molecule has 0 aliphatic carbocycles. The van der Waals surface area contributed by atoms with Gasteiger partial charge in [0.1, 0.15) is 0 Å². The Morgan fingerprint density at radius 3 is 2.53 bits per heavy atom. The molecule has 106 valence electrons. The molecule has 5 heteroatoms. The average molecular weight is 266 g/mol. The molecule has 2 unspecified atom stereocenters. The highest BCUT2D eigenvalue weighted by molar-refractivity contribution is 5.94. The Morgan fingerprint density at radius 2 is 2.00 bits per heavy atom. The molecule has 1 amide bonds. The summed E-state index contributed by atoms with van der Waals surface area (Å²) in [7, 11) is 1.56. The molecule has 3 N–H and O–H groups in total. The van der Waals surface area contributed by atoms with E-state index in [4.69, 9.17) is 9.84 Å². The lowest BCUT2D eigenvalue weighted by Gasteiger charge is -2.20. The Morgan fingerprint density at radius 1 is 1.37 bits per heavy atom. The Hall–Kier alpha value is -1.43. The average Bonchev–Trinajstić information content (AvgIpc) is 2.40. The lowest BCUT2D eigenvalue weighted by Crippen LogP contribution is -2.47. The summed E-state index contributed by atoms with van der Waals surface area (Å²) in [5, 5.41) is 15.0. The zero-order valence-corrected chi connectivity index (χ0v) is 11.6. The summed E-state index contributed by atoms with van der Waals surface area (Å²) < 4.78 is 4.95. The maximum absolute atomic E-state index is 12.0. The van der Waals surface area contributed by atoms with Crippen LogP contribution in [-0.2, 0) is 9.53 Å². The van der Waals surface area contributed by atoms with E-state index in [9.17, 15) is 4.79 Å². The van der Waals surface area contributed by atoms with Crippen molar-refractivity contribution in [3.05, 3.63) is 29.8 Å². The number of amides is 1. The van der Waals surface area contributed by atoms with Crippen LogP contribution in [0.3, 0.4) is 0 Å². The summed E-state index contributed by atoms with van der Waals surface area (Å²) in [6.45, 7) is 4.03. The zero-order chi connectivity index (χ0) is 14.3. The van der Waals surface area contributed by atoms with Gasteiger partial charge in [0.05, 0.1) is 25.3 Å². The highest BCUT2D eigenvalue weighted by Crippen LogP contribution is 2.08. The van der Waals surface area contributed by atoms with Gasteiger partial charge in [0.2, 0.25) is 5.91 Å². The van der Waals surface area contributed by atoms with E-state index in [2.05, 4.69) is 10.6 Å². The minimum absolute atomic E-state index is 0.0734. The van der Waals surface area contributed by atoms with Crippen LogP contribution in [0, 0.1) is 6.92 Å². The number of anilines is 1. The predicted octanol–water partition coefficient (Wildman–Crippen LogP) is 0.919. The van der Waals surface area contributed by atoms with Crippen molar-refractivity contribution < 1.29 is 14.6 Å². The van der Waals surface area contributed by atoms with Gasteiger partial charge in [0, 0.05) is 12.8 Å². The number of methoxy groups -OCH3 is 1. The minimum Gasteiger partial charge on any atom is -0.395 e. The van der Waals surface area contributed by atoms with Gasteiger partial charge in [-0.2, -0.15) is 0 Å². The van der Waals surface area contributed by atoms with Gasteiger partial charge in [-0.05, 0) is 26.0 Å². The lowest BCUT2D eigenvalue weighted by molar-refractivity contribution is -0.118. The molecule has 0 aliphatic heterocycles. The first-order chi connectivity index (χ1) is 9.06. The standard InChI is InChI=1S/C14H22N2O3/c1-10-4-6-12(7-5-10)16-14(18)11(2)15-13(8-17)9-19-3/h4-7,11,13,15,17H,8-9H2,1-3H3,(H,16,18). The van der Waals surface area contributed by atoms with Crippen molar-refractivity contribution in [2.24, 2.45) is 0 Å². The summed E-state index contributed by atoms with van der Waals surface area (Å²) in [5.41, 5.74) is 1.90. The fourth-order valence-electron chi connectivity index (χ4n) is 1.67. The van der Waals surface area contributed by atoms with Crippen molar-refractivity contribution in [3.8, 4) is 0 Å². The largest absolute Gasteiger partial charge is 0.395 e. The molecule has 1 rings (SSSR count). The van der Waals surface area contributed by atoms with Gasteiger partial charge in [0.15, 0.2) is 0 Å². The number of carbonyl (C=O) groups is 1. The van der Waals surface area contributed by atoms with Gasteiger partial charge in [0.25, 0.3) is 0 Å². The van der Waals surface area contributed by atoms with Crippen LogP contribution < -0.4 is 10.6 Å². The number of nitrogens with one attached hydrogen (secondary N) is 2. The number of aliphatic hydroxyl groups is 1. The number of rotatable bonds is 7. The maximum Gasteiger partial charge on any atom is 0.241 e. The minimum atomic E-state index is -0.409. The third kappa shape index (κ3) is 5.38. The SMILES string of the molecule is COCC(CO)NC(C)C(=O)Nc1ccc(C)cc1. The molecule has 0 radical (unpaired) electrons. The summed E-state index contributed by atoms with van der Waals surface area (Å²) in [5.74, 6) is -0.140. The van der Waals surface area contributed by atoms with E-state index in [1.807, 2.05) is 31.2 Å². The summed E-state index contributed by atoms with van der Waals surface area (Å²) in [4.78, 5) is 12.0. The molecule has 0 fully saturated rings. The van der Waals surface area contributed by atoms with E-state index in [1.54, 1.807) is 14.0 Å². The molecule has 1 aromatic rings. The van der Waals surface area contributed by atoms with Crippen molar-refractivity contribution >= 4 is 11.6 Å². The van der Waals surface area contributed by atoms with E-state index in [0.717, 1.165) is 11.3 Å². The van der Waals surface area contributed by atoms with Gasteiger partial charge in [-0.3, -0.25) is 10.1 Å². The molecule has 0 aliphatic rings. The van der Waals surface area contributed by atoms with Crippen molar-refractivity contribution in [2.45, 2.75) is 25.9 Å². The second-order valence-electron chi connectivity index (χ2n) is 4.58. The predicted molar refractivity (Wildman–Crippen MR) is 75.2 cm³/mol. The molecular formula is C14H22N2O3. The Labute approximate surface area is 114 Å². The summed E-state index contributed by atoms with van der Waals surface area (Å²) >= 11 is 0. The molecule has 0 saturated heterocycles. The molecule has 0 spiro atoms. The fourth-order valence-corrected chi connectivity index (χ4v) is 1.67. The topological polar surface area (TPSA) is 70.6 Å². The second kappa shape index (κ2) is 7.89. The van der Waals surface area contributed by atoms with Crippen molar-refractivity contribution in [3.63, 3.8) is 0 Å². The molecular weight excluding hydrogens is 244 g/mol. The number of ether oxygens (including phenoxy) is 1. The number of aryl methyl sites for hydroxylation is 1. The summed E-state index contributed by atoms with van der Waals surface area (Å²) in [6.07, 6.45) is 0. The van der Waals surface area contributed by atoms with Crippen LogP contribution in [0.5, 0.6) is 0 Å². The molecule has 19 heavy (non-hydrogen) atoms. The molecule has 0 heterocycles. The number of carbonyl (C=O) groups excluding carboxylic acids is 1. The Kier molecular flexibility index (Phi) is 6.49. The quantitative estimate of drug-likeness (QED) is 0.686. The first kappa shape index (κ1) is 15.6. The van der Waals surface area contributed by atoms with E-state index in [1.165, 1.54) is 0 Å². The molecule has 5 nitrogen and oxygen atoms in total. The molecule has 0 bridgehead atoms. The van der Waals surface area contributed by atoms with Gasteiger partial charge >= 0.3 is 0 Å². The second-order valence-corrected chi connectivity index (χ2v) is 4.58. The normalized spacial score (nSPS) is 13.9. The zero-order valence-electron chi connectivity index (χ0n) is 11.6. The van der Waals surface area contributed by atoms with Crippen LogP contribution in [0.15, 0.2) is 24.3 Å². The first-order valence-corrected chi connectivity index (χ1v) is 6.30. The van der Waals surface area contributed by atoms with Crippen LogP contribution in [0.4, 0.5) is 5.69 Å². The fraction of sp³-hybridized carbons (Fsp3) is 0.500. The molecule has 0 saturated carbocycles. The van der Waals surface area contributed by atoms with Crippen molar-refractivity contribution in [1.82, 2.24) is 5.32 Å². The van der Waals surface area contributed by atoms with Gasteiger partial charge in [-0.25, -0.2) is 0 Å². The Balaban J connectivity index is 2.50. The van der Waals surface area contributed by atoms with Crippen LogP contribution in [-0.4, -0.2) is 43.4 Å². The van der Waals surface area contributed by atoms with E-state index < -0.39 is 6.04 Å². The van der Waals surface area contributed by atoms with Crippen LogP contribution in [0.2, 0.25) is 0 Å². The third-order valence-electron chi connectivity index (χ3n) is 2.79. The van der Waals surface area contributed by atoms with E-state index in [-0.39, 0.29) is 18.6 Å². The molecule has 1 aromatic carbocycles. The Bertz CT molecular complexity index is 392. The van der Waals surface area contributed by atoms with Gasteiger partial charge in [-0.15, -0.1) is 0 Å². The monoisotopic (exact) mass is 266 g/mol. The highest BCUT2D eigenvalue weighted by Gasteiger charge is 2.17. The summed E-state index contributed by atoms with van der Waals surface area (Å²) in [6, 6.07) is 6.94. The highest BCUT2D eigenvalue weighted by atomic mass is 16.5. The third-order valence-corrected chi connectivity index (χ3v) is 2.79. The van der Waals surface area contributed by atoms with E-state index in [0.29, 0.717) is 6.61 Å². The molecule has 0 aromatic heterocycles. The van der Waals surface area contributed by atoms with E-state index >= 15 is 0 Å². The van der Waals surface area contributed by atoms with Gasteiger partial charge < -0.3 is 15.2 Å². The maximum atomic E-state index is 12.0. The number of benzene rings is 1. The van der Waals surface area contributed by atoms with Crippen LogP contribution >= 0.6 is 0 Å². The number of hydrogen-bond acceptors (Lipinski definition) is 4. The van der Waals surface area contributed by atoms with Crippen LogP contribution in [0.1, 0.15) is 12.5 Å². The number of hydrogen-bond donors (Lipinski definition) is 3. The van der Waals surface area contributed by atoms with Gasteiger partial charge in [-0.1, -0.05) is 17.7 Å². The molecule has 2 atom stereocenters. The van der Waals surface area contributed by atoms with Crippen molar-refractivity contribution in [1.29, 1.82) is 0 Å². The van der Waals surface area contributed by atoms with Crippen molar-refractivity contribution in [2.75, 3.05) is 25.6 Å².